The van der Waals surface area contributed by atoms with Crippen molar-refractivity contribution in [3.8, 4) is 0 Å². The number of hydrogen-bond donors (Lipinski definition) is 1. The number of aryl methyl sites for hydroxylation is 2. The molecule has 0 aromatic heterocycles. The van der Waals surface area contributed by atoms with Crippen LogP contribution in [0.2, 0.25) is 0 Å². The molecular formula is C20H23BrN2OS. The minimum atomic E-state index is -0.958. The van der Waals surface area contributed by atoms with Crippen molar-refractivity contribution in [3.05, 3.63) is 65.2 Å². The van der Waals surface area contributed by atoms with Crippen molar-refractivity contribution < 1.29 is 26.7 Å². The molecule has 0 aliphatic carbocycles. The third-order valence-corrected chi connectivity index (χ3v) is 6.13. The van der Waals surface area contributed by atoms with Crippen LogP contribution in [0.25, 0.3) is 0 Å². The van der Waals surface area contributed by atoms with Crippen LogP contribution in [-0.2, 0) is 5.72 Å². The molecule has 0 saturated carbocycles. The molecule has 0 bridgehead atoms. The predicted octanol–water partition coefficient (Wildman–Crippen LogP) is 0.478. The Morgan fingerprint density at radius 1 is 1.12 bits per heavy atom. The van der Waals surface area contributed by atoms with Crippen LogP contribution in [0.4, 0.5) is 5.69 Å². The minimum absolute atomic E-state index is 0. The van der Waals surface area contributed by atoms with E-state index in [4.69, 9.17) is 0 Å². The Morgan fingerprint density at radius 3 is 2.64 bits per heavy atom. The maximum absolute atomic E-state index is 11.6. The smallest absolute Gasteiger partial charge is 0.316 e. The van der Waals surface area contributed by atoms with Gasteiger partial charge in [-0.25, -0.2) is 9.48 Å². The van der Waals surface area contributed by atoms with E-state index in [0.717, 1.165) is 24.3 Å². The molecule has 3 nitrogen and oxygen atoms in total. The molecule has 0 spiro atoms. The van der Waals surface area contributed by atoms with Gasteiger partial charge in [0.05, 0.1) is 6.54 Å². The summed E-state index contributed by atoms with van der Waals surface area (Å²) in [6, 6.07) is 16.6. The van der Waals surface area contributed by atoms with Crippen molar-refractivity contribution in [1.82, 2.24) is 0 Å². The zero-order valence-corrected chi connectivity index (χ0v) is 17.0. The fraction of sp³-hybridized carbons (Fsp3) is 0.350. The lowest BCUT2D eigenvalue weighted by Gasteiger charge is -2.24. The zero-order chi connectivity index (χ0) is 16.7. The van der Waals surface area contributed by atoms with Crippen LogP contribution in [-0.4, -0.2) is 33.7 Å². The van der Waals surface area contributed by atoms with Gasteiger partial charge in [0.15, 0.2) is 6.54 Å². The molecular weight excluding hydrogens is 396 g/mol. The number of anilines is 1. The summed E-state index contributed by atoms with van der Waals surface area (Å²) in [5, 5.41) is 12.8. The Kier molecular flexibility index (Phi) is 5.28. The Morgan fingerprint density at radius 2 is 1.88 bits per heavy atom. The van der Waals surface area contributed by atoms with Gasteiger partial charge in [-0.15, -0.1) is 0 Å². The highest BCUT2D eigenvalue weighted by Crippen LogP contribution is 2.38. The third-order valence-electron chi connectivity index (χ3n) is 4.94. The monoisotopic (exact) mass is 418 g/mol. The zero-order valence-electron chi connectivity index (χ0n) is 14.6. The van der Waals surface area contributed by atoms with Gasteiger partial charge >= 0.3 is 5.17 Å². The molecule has 0 saturated heterocycles. The van der Waals surface area contributed by atoms with Gasteiger partial charge < -0.3 is 22.1 Å². The summed E-state index contributed by atoms with van der Waals surface area (Å²) in [5.74, 6) is 1.11. The highest BCUT2D eigenvalue weighted by atomic mass is 79.9. The standard InChI is InChI=1S/C20H23N2OS.BrH/c1-15-9-10-16(2)18(13-15)21-14-20(23,17-7-4-3-5-8-17)22-11-6-12-24-19(21)22;/h3-5,7-10,13,23H,6,11-12,14H2,1-2H3;1H/q+1;/p-1. The van der Waals surface area contributed by atoms with E-state index in [1.165, 1.54) is 22.0 Å². The fourth-order valence-corrected chi connectivity index (χ4v) is 4.82. The average molecular weight is 419 g/mol. The topological polar surface area (TPSA) is 26.5 Å². The molecule has 0 radical (unpaired) electrons. The minimum Gasteiger partial charge on any atom is -1.00 e. The van der Waals surface area contributed by atoms with E-state index >= 15 is 0 Å². The quantitative estimate of drug-likeness (QED) is 0.718. The predicted molar refractivity (Wildman–Crippen MR) is 101 cm³/mol. The summed E-state index contributed by atoms with van der Waals surface area (Å²) in [4.78, 5) is 2.30. The SMILES string of the molecule is Cc1ccc(C)c(N2CC(O)(c3ccccc3)[N+]3=C2SCCC3)c1.[Br-]. The Labute approximate surface area is 164 Å². The van der Waals surface area contributed by atoms with E-state index < -0.39 is 5.72 Å². The molecule has 2 aromatic rings. The molecule has 5 heteroatoms. The van der Waals surface area contributed by atoms with Gasteiger partial charge in [-0.2, -0.15) is 0 Å². The maximum atomic E-state index is 11.6. The molecule has 4 rings (SSSR count). The number of β-amino-alcohol motifs (C(OH)–C–C–N with tert-alkyl or cyclic N) is 1. The molecule has 1 N–H and O–H groups in total. The fourth-order valence-electron chi connectivity index (χ4n) is 3.65. The molecule has 2 aromatic carbocycles. The highest BCUT2D eigenvalue weighted by molar-refractivity contribution is 8.13. The van der Waals surface area contributed by atoms with E-state index in [9.17, 15) is 5.11 Å². The molecule has 25 heavy (non-hydrogen) atoms. The van der Waals surface area contributed by atoms with Crippen molar-refractivity contribution in [3.63, 3.8) is 0 Å². The van der Waals surface area contributed by atoms with E-state index in [-0.39, 0.29) is 17.0 Å². The summed E-state index contributed by atoms with van der Waals surface area (Å²) in [6.45, 7) is 5.74. The van der Waals surface area contributed by atoms with Crippen LogP contribution in [0, 0.1) is 13.8 Å². The summed E-state index contributed by atoms with van der Waals surface area (Å²) >= 11 is 1.86. The number of halogens is 1. The number of nitrogens with zero attached hydrogens (tertiary/aromatic N) is 2. The summed E-state index contributed by atoms with van der Waals surface area (Å²) in [6.07, 6.45) is 1.10. The van der Waals surface area contributed by atoms with Gasteiger partial charge in [0.1, 0.15) is 5.69 Å². The van der Waals surface area contributed by atoms with Crippen LogP contribution in [0.1, 0.15) is 23.1 Å². The van der Waals surface area contributed by atoms with E-state index in [1.807, 2.05) is 42.1 Å². The van der Waals surface area contributed by atoms with Crippen molar-refractivity contribution in [2.75, 3.05) is 23.7 Å². The van der Waals surface area contributed by atoms with Crippen LogP contribution < -0.4 is 21.9 Å². The van der Waals surface area contributed by atoms with Crippen molar-refractivity contribution in [2.45, 2.75) is 26.0 Å². The first kappa shape index (κ1) is 18.5. The first-order valence-corrected chi connectivity index (χ1v) is 9.48. The number of hydrogen-bond acceptors (Lipinski definition) is 3. The maximum Gasteiger partial charge on any atom is 0.316 e. The van der Waals surface area contributed by atoms with Crippen LogP contribution in [0.15, 0.2) is 48.5 Å². The average Bonchev–Trinajstić information content (AvgIpc) is 2.92. The molecule has 0 fully saturated rings. The summed E-state index contributed by atoms with van der Waals surface area (Å²) in [7, 11) is 0. The molecule has 1 atom stereocenters. The van der Waals surface area contributed by atoms with Gasteiger partial charge in [-0.3, -0.25) is 0 Å². The van der Waals surface area contributed by atoms with Crippen LogP contribution in [0.5, 0.6) is 0 Å². The molecule has 0 amide bonds. The number of benzene rings is 2. The van der Waals surface area contributed by atoms with E-state index in [2.05, 4.69) is 41.5 Å². The van der Waals surface area contributed by atoms with Crippen molar-refractivity contribution in [1.29, 1.82) is 0 Å². The van der Waals surface area contributed by atoms with Gasteiger partial charge in [-0.1, -0.05) is 42.5 Å². The van der Waals surface area contributed by atoms with Crippen LogP contribution in [0.3, 0.4) is 0 Å². The first-order chi connectivity index (χ1) is 11.6. The van der Waals surface area contributed by atoms with Crippen LogP contribution >= 0.6 is 11.8 Å². The summed E-state index contributed by atoms with van der Waals surface area (Å²) < 4.78 is 2.19. The van der Waals surface area contributed by atoms with E-state index in [1.54, 1.807) is 0 Å². The molecule has 132 valence electrons. The van der Waals surface area contributed by atoms with Gasteiger partial charge in [0.25, 0.3) is 5.72 Å². The number of aliphatic hydroxyl groups is 1. The molecule has 2 aliphatic rings. The Bertz CT molecular complexity index is 809. The first-order valence-electron chi connectivity index (χ1n) is 8.50. The van der Waals surface area contributed by atoms with Crippen molar-refractivity contribution >= 4 is 22.6 Å². The number of amidine groups is 1. The lowest BCUT2D eigenvalue weighted by atomic mass is 10.0. The second-order valence-electron chi connectivity index (χ2n) is 6.69. The highest BCUT2D eigenvalue weighted by Gasteiger charge is 2.53. The van der Waals surface area contributed by atoms with Crippen molar-refractivity contribution in [2.24, 2.45) is 0 Å². The van der Waals surface area contributed by atoms with E-state index in [0.29, 0.717) is 6.54 Å². The molecule has 1 unspecified atom stereocenters. The third kappa shape index (κ3) is 3.14. The summed E-state index contributed by atoms with van der Waals surface area (Å²) in [5.41, 5.74) is 3.71. The second-order valence-corrected chi connectivity index (χ2v) is 7.76. The lowest BCUT2D eigenvalue weighted by molar-refractivity contribution is -0.656. The Balaban J connectivity index is 0.00000182. The molecule has 2 aliphatic heterocycles. The number of thioether (sulfide) groups is 1. The largest absolute Gasteiger partial charge is 1.00 e. The second kappa shape index (κ2) is 7.14. The lowest BCUT2D eigenvalue weighted by Crippen LogP contribution is -3.00. The normalized spacial score (nSPS) is 22.6. The Hall–Kier alpha value is -1.30. The van der Waals surface area contributed by atoms with Gasteiger partial charge in [0.2, 0.25) is 0 Å². The van der Waals surface area contributed by atoms with Gasteiger partial charge in [0, 0.05) is 11.3 Å². The van der Waals surface area contributed by atoms with Gasteiger partial charge in [-0.05, 0) is 49.2 Å². The molecule has 2 heterocycles. The number of rotatable bonds is 2.